The summed E-state index contributed by atoms with van der Waals surface area (Å²) in [4.78, 5) is 23.6. The molecule has 2 rings (SSSR count). The molecule has 0 aromatic heterocycles. The van der Waals surface area contributed by atoms with Crippen LogP contribution in [-0.2, 0) is 22.6 Å². The first kappa shape index (κ1) is 17.8. The minimum Gasteiger partial charge on any atom is -0.480 e. The summed E-state index contributed by atoms with van der Waals surface area (Å²) in [6, 6.07) is 15.9. The van der Waals surface area contributed by atoms with Gasteiger partial charge in [-0.2, -0.15) is 0 Å². The Morgan fingerprint density at radius 3 is 2.29 bits per heavy atom. The monoisotopic (exact) mass is 347 g/mol. The number of ether oxygens (including phenoxy) is 1. The molecule has 2 aromatic rings. The summed E-state index contributed by atoms with van der Waals surface area (Å²) in [6.07, 6.45) is -0.669. The van der Waals surface area contributed by atoms with Crippen molar-refractivity contribution in [3.63, 3.8) is 0 Å². The molecule has 0 aliphatic heterocycles. The number of rotatable bonds is 6. The lowest BCUT2D eigenvalue weighted by Crippen LogP contribution is -2.53. The number of carbonyl (C=O) groups excluding carboxylic acids is 1. The summed E-state index contributed by atoms with van der Waals surface area (Å²) < 4.78 is 5.10. The molecule has 126 valence electrons. The number of carbonyl (C=O) groups is 2. The van der Waals surface area contributed by atoms with Crippen LogP contribution in [0.15, 0.2) is 54.6 Å². The molecule has 0 aliphatic rings. The molecule has 0 saturated carbocycles. The minimum absolute atomic E-state index is 0.0727. The maximum atomic E-state index is 12.0. The van der Waals surface area contributed by atoms with Gasteiger partial charge in [0.2, 0.25) is 0 Å². The van der Waals surface area contributed by atoms with Crippen molar-refractivity contribution in [3.05, 3.63) is 70.7 Å². The van der Waals surface area contributed by atoms with E-state index in [1.165, 1.54) is 6.92 Å². The van der Waals surface area contributed by atoms with Crippen molar-refractivity contribution in [2.24, 2.45) is 0 Å². The summed E-state index contributed by atoms with van der Waals surface area (Å²) >= 11 is 5.82. The number of hydrogen-bond donors (Lipinski definition) is 2. The zero-order valence-corrected chi connectivity index (χ0v) is 13.9. The first-order valence-electron chi connectivity index (χ1n) is 7.36. The Morgan fingerprint density at radius 2 is 1.71 bits per heavy atom. The van der Waals surface area contributed by atoms with E-state index in [0.717, 1.165) is 11.1 Å². The normalized spacial score (nSPS) is 12.9. The van der Waals surface area contributed by atoms with Crippen LogP contribution in [0.3, 0.4) is 0 Å². The zero-order valence-electron chi connectivity index (χ0n) is 13.2. The van der Waals surface area contributed by atoms with Crippen LogP contribution >= 0.6 is 11.6 Å². The van der Waals surface area contributed by atoms with E-state index < -0.39 is 17.6 Å². The Kier molecular flexibility index (Phi) is 5.82. The molecule has 2 aromatic carbocycles. The predicted molar refractivity (Wildman–Crippen MR) is 91.0 cm³/mol. The summed E-state index contributed by atoms with van der Waals surface area (Å²) in [7, 11) is 0. The summed E-state index contributed by atoms with van der Waals surface area (Å²) in [6.45, 7) is 1.51. The van der Waals surface area contributed by atoms with Crippen LogP contribution < -0.4 is 5.32 Å². The first-order valence-corrected chi connectivity index (χ1v) is 7.73. The molecule has 6 heteroatoms. The van der Waals surface area contributed by atoms with Gasteiger partial charge < -0.3 is 15.2 Å². The Bertz CT molecular complexity index is 703. The fourth-order valence-corrected chi connectivity index (χ4v) is 2.29. The Morgan fingerprint density at radius 1 is 1.08 bits per heavy atom. The van der Waals surface area contributed by atoms with Gasteiger partial charge in [-0.25, -0.2) is 9.59 Å². The lowest BCUT2D eigenvalue weighted by molar-refractivity contribution is -0.143. The summed E-state index contributed by atoms with van der Waals surface area (Å²) in [5, 5.41) is 12.5. The van der Waals surface area contributed by atoms with Crippen molar-refractivity contribution in [1.82, 2.24) is 5.32 Å². The number of nitrogens with one attached hydrogen (secondary N) is 1. The number of alkyl carbamates (subject to hydrolysis) is 1. The molecule has 1 atom stereocenters. The third-order valence-electron chi connectivity index (χ3n) is 3.53. The van der Waals surface area contributed by atoms with Gasteiger partial charge in [0.1, 0.15) is 12.1 Å². The fourth-order valence-electron chi connectivity index (χ4n) is 2.17. The largest absolute Gasteiger partial charge is 0.480 e. The molecular formula is C18H18ClNO4. The van der Waals surface area contributed by atoms with Crippen molar-refractivity contribution in [3.8, 4) is 0 Å². The third-order valence-corrected chi connectivity index (χ3v) is 3.79. The minimum atomic E-state index is -1.48. The molecule has 0 radical (unpaired) electrons. The standard InChI is InChI=1S/C18H18ClNO4/c1-18(16(21)22,11-13-7-9-15(19)10-8-13)20-17(23)24-12-14-5-3-2-4-6-14/h2-10H,11-12H2,1H3,(H,20,23)(H,21,22). The number of carboxylic acids is 1. The molecule has 0 saturated heterocycles. The molecule has 0 aliphatic carbocycles. The number of hydrogen-bond acceptors (Lipinski definition) is 3. The number of benzene rings is 2. The number of amides is 1. The van der Waals surface area contributed by atoms with Gasteiger partial charge in [-0.1, -0.05) is 54.1 Å². The molecule has 0 bridgehead atoms. The molecule has 2 N–H and O–H groups in total. The molecule has 0 fully saturated rings. The van der Waals surface area contributed by atoms with Crippen LogP contribution in [0.5, 0.6) is 0 Å². The first-order chi connectivity index (χ1) is 11.4. The highest BCUT2D eigenvalue weighted by molar-refractivity contribution is 6.30. The third kappa shape index (κ3) is 4.99. The molecule has 5 nitrogen and oxygen atoms in total. The van der Waals surface area contributed by atoms with E-state index in [1.807, 2.05) is 30.3 Å². The van der Waals surface area contributed by atoms with Gasteiger partial charge in [0.25, 0.3) is 0 Å². The Hall–Kier alpha value is -2.53. The van der Waals surface area contributed by atoms with Gasteiger partial charge in [0.15, 0.2) is 0 Å². The lowest BCUT2D eigenvalue weighted by atomic mass is 9.93. The van der Waals surface area contributed by atoms with E-state index >= 15 is 0 Å². The average molecular weight is 348 g/mol. The molecule has 0 spiro atoms. The summed E-state index contributed by atoms with van der Waals surface area (Å²) in [5.74, 6) is -1.14. The quantitative estimate of drug-likeness (QED) is 0.836. The van der Waals surface area contributed by atoms with E-state index in [4.69, 9.17) is 16.3 Å². The topological polar surface area (TPSA) is 75.6 Å². The van der Waals surface area contributed by atoms with E-state index in [9.17, 15) is 14.7 Å². The average Bonchev–Trinajstić information content (AvgIpc) is 2.56. The molecule has 1 unspecified atom stereocenters. The van der Waals surface area contributed by atoms with Gasteiger partial charge in [0.05, 0.1) is 0 Å². The van der Waals surface area contributed by atoms with E-state index in [1.54, 1.807) is 24.3 Å². The predicted octanol–water partition coefficient (Wildman–Crippen LogP) is 3.65. The van der Waals surface area contributed by atoms with Gasteiger partial charge in [-0.05, 0) is 30.2 Å². The van der Waals surface area contributed by atoms with Crippen LogP contribution in [0, 0.1) is 0 Å². The van der Waals surface area contributed by atoms with Crippen molar-refractivity contribution >= 4 is 23.7 Å². The van der Waals surface area contributed by atoms with Gasteiger partial charge in [0, 0.05) is 11.4 Å². The zero-order chi connectivity index (χ0) is 17.6. The molecule has 1 amide bonds. The van der Waals surface area contributed by atoms with Gasteiger partial charge in [-0.3, -0.25) is 0 Å². The molecule has 0 heterocycles. The second-order valence-electron chi connectivity index (χ2n) is 5.63. The van der Waals surface area contributed by atoms with Crippen molar-refractivity contribution in [1.29, 1.82) is 0 Å². The summed E-state index contributed by atoms with van der Waals surface area (Å²) in [5.41, 5.74) is 0.0803. The van der Waals surface area contributed by atoms with Crippen LogP contribution in [0.4, 0.5) is 4.79 Å². The second kappa shape index (κ2) is 7.84. The van der Waals surface area contributed by atoms with Gasteiger partial charge in [-0.15, -0.1) is 0 Å². The SMILES string of the molecule is CC(Cc1ccc(Cl)cc1)(NC(=O)OCc1ccccc1)C(=O)O. The number of halogens is 1. The highest BCUT2D eigenvalue weighted by atomic mass is 35.5. The highest BCUT2D eigenvalue weighted by Gasteiger charge is 2.35. The Balaban J connectivity index is 1.99. The van der Waals surface area contributed by atoms with Crippen molar-refractivity contribution in [2.75, 3.05) is 0 Å². The Labute approximate surface area is 145 Å². The highest BCUT2D eigenvalue weighted by Crippen LogP contribution is 2.17. The van der Waals surface area contributed by atoms with E-state index in [-0.39, 0.29) is 13.0 Å². The molecular weight excluding hydrogens is 330 g/mol. The van der Waals surface area contributed by atoms with Crippen molar-refractivity contribution < 1.29 is 19.4 Å². The van der Waals surface area contributed by atoms with E-state index in [2.05, 4.69) is 5.32 Å². The maximum Gasteiger partial charge on any atom is 0.408 e. The molecule has 24 heavy (non-hydrogen) atoms. The maximum absolute atomic E-state index is 12.0. The van der Waals surface area contributed by atoms with Crippen LogP contribution in [-0.4, -0.2) is 22.7 Å². The van der Waals surface area contributed by atoms with Crippen LogP contribution in [0.2, 0.25) is 5.02 Å². The van der Waals surface area contributed by atoms with Crippen molar-refractivity contribution in [2.45, 2.75) is 25.5 Å². The fraction of sp³-hybridized carbons (Fsp3) is 0.222. The van der Waals surface area contributed by atoms with Gasteiger partial charge >= 0.3 is 12.1 Å². The smallest absolute Gasteiger partial charge is 0.408 e. The second-order valence-corrected chi connectivity index (χ2v) is 6.06. The lowest BCUT2D eigenvalue weighted by Gasteiger charge is -2.26. The van der Waals surface area contributed by atoms with E-state index in [0.29, 0.717) is 5.02 Å². The van der Waals surface area contributed by atoms with Crippen LogP contribution in [0.1, 0.15) is 18.1 Å². The van der Waals surface area contributed by atoms with Crippen LogP contribution in [0.25, 0.3) is 0 Å². The number of carboxylic acid groups (broad SMARTS) is 1. The number of aliphatic carboxylic acids is 1.